The average molecular weight is 287 g/mol. The van der Waals surface area contributed by atoms with Gasteiger partial charge in [-0.2, -0.15) is 0 Å². The van der Waals surface area contributed by atoms with Crippen LogP contribution in [-0.4, -0.2) is 30.0 Å². The second-order valence-electron chi connectivity index (χ2n) is 4.16. The van der Waals surface area contributed by atoms with Gasteiger partial charge in [0.1, 0.15) is 5.69 Å². The predicted molar refractivity (Wildman–Crippen MR) is 73.5 cm³/mol. The largest absolute Gasteiger partial charge is 0.393 e. The number of nitro groups is 1. The fourth-order valence-electron chi connectivity index (χ4n) is 1.95. The first kappa shape index (κ1) is 15.2. The molecule has 0 aromatic heterocycles. The van der Waals surface area contributed by atoms with E-state index in [-0.39, 0.29) is 41.3 Å². The summed E-state index contributed by atoms with van der Waals surface area (Å²) in [4.78, 5) is 22.1. The summed E-state index contributed by atoms with van der Waals surface area (Å²) in [5.74, 6) is -0.370. The van der Waals surface area contributed by atoms with Crippen molar-refractivity contribution in [2.45, 2.75) is 12.5 Å². The summed E-state index contributed by atoms with van der Waals surface area (Å²) in [6.45, 7) is 1.57. The van der Waals surface area contributed by atoms with Crippen molar-refractivity contribution in [3.63, 3.8) is 0 Å². The van der Waals surface area contributed by atoms with E-state index in [0.29, 0.717) is 6.54 Å². The molecule has 0 radical (unpaired) electrons. The van der Waals surface area contributed by atoms with Crippen LogP contribution in [0.15, 0.2) is 18.2 Å². The topological polar surface area (TPSA) is 110 Å². The van der Waals surface area contributed by atoms with E-state index in [9.17, 15) is 14.9 Å². The van der Waals surface area contributed by atoms with Crippen molar-refractivity contribution in [1.82, 2.24) is 10.6 Å². The van der Waals surface area contributed by atoms with Gasteiger partial charge in [-0.15, -0.1) is 12.4 Å². The van der Waals surface area contributed by atoms with E-state index in [1.54, 1.807) is 0 Å². The quantitative estimate of drug-likeness (QED) is 0.430. The maximum Gasteiger partial charge on any atom is 0.292 e. The van der Waals surface area contributed by atoms with Gasteiger partial charge in [-0.05, 0) is 19.0 Å². The summed E-state index contributed by atoms with van der Waals surface area (Å²) in [6, 6.07) is 4.27. The number of nitrogen functional groups attached to an aromatic ring is 1. The Morgan fingerprint density at radius 1 is 1.53 bits per heavy atom. The van der Waals surface area contributed by atoms with Crippen molar-refractivity contribution in [3.8, 4) is 0 Å². The number of anilines is 1. The predicted octanol–water partition coefficient (Wildman–Crippen LogP) is 0.690. The Morgan fingerprint density at radius 2 is 2.26 bits per heavy atom. The molecule has 19 heavy (non-hydrogen) atoms. The van der Waals surface area contributed by atoms with E-state index in [0.717, 1.165) is 13.0 Å². The van der Waals surface area contributed by atoms with Crippen molar-refractivity contribution in [1.29, 1.82) is 0 Å². The molecule has 1 atom stereocenters. The number of halogens is 1. The van der Waals surface area contributed by atoms with Gasteiger partial charge < -0.3 is 16.4 Å². The highest BCUT2D eigenvalue weighted by Gasteiger charge is 2.22. The number of nitrogens with two attached hydrogens (primary N) is 1. The molecule has 104 valence electrons. The van der Waals surface area contributed by atoms with Gasteiger partial charge in [-0.3, -0.25) is 14.9 Å². The maximum absolute atomic E-state index is 12.0. The van der Waals surface area contributed by atoms with E-state index in [2.05, 4.69) is 10.6 Å². The van der Waals surface area contributed by atoms with Gasteiger partial charge in [0.25, 0.3) is 11.6 Å². The van der Waals surface area contributed by atoms with Crippen molar-refractivity contribution < 1.29 is 9.72 Å². The molecule has 0 aliphatic carbocycles. The number of amides is 1. The highest BCUT2D eigenvalue weighted by atomic mass is 35.5. The monoisotopic (exact) mass is 286 g/mol. The summed E-state index contributed by atoms with van der Waals surface area (Å²) in [5.41, 5.74) is 5.46. The molecule has 1 saturated heterocycles. The average Bonchev–Trinajstić information content (AvgIpc) is 2.81. The number of rotatable bonds is 3. The zero-order valence-corrected chi connectivity index (χ0v) is 10.9. The van der Waals surface area contributed by atoms with Crippen LogP contribution in [0.1, 0.15) is 16.8 Å². The van der Waals surface area contributed by atoms with Crippen molar-refractivity contribution in [3.05, 3.63) is 33.9 Å². The first-order chi connectivity index (χ1) is 8.59. The van der Waals surface area contributed by atoms with Gasteiger partial charge in [-0.25, -0.2) is 0 Å². The van der Waals surface area contributed by atoms with Gasteiger partial charge in [0.2, 0.25) is 0 Å². The molecular formula is C11H15ClN4O3. The van der Waals surface area contributed by atoms with E-state index in [1.165, 1.54) is 18.2 Å². The van der Waals surface area contributed by atoms with Gasteiger partial charge in [0, 0.05) is 18.7 Å². The molecule has 1 unspecified atom stereocenters. The van der Waals surface area contributed by atoms with Crippen LogP contribution in [0.25, 0.3) is 0 Å². The molecule has 1 heterocycles. The van der Waals surface area contributed by atoms with Crippen molar-refractivity contribution in [2.75, 3.05) is 18.8 Å². The number of nitro benzene ring substituents is 1. The highest BCUT2D eigenvalue weighted by molar-refractivity contribution is 6.01. The number of para-hydroxylation sites is 1. The lowest BCUT2D eigenvalue weighted by Gasteiger charge is -2.12. The molecule has 1 fully saturated rings. The normalized spacial score (nSPS) is 17.6. The standard InChI is InChI=1S/C11H14N4O3.ClH/c12-10-8(2-1-3-9(10)15(17)18)11(16)14-7-4-5-13-6-7;/h1-3,7,13H,4-6,12H2,(H,14,16);1H. The zero-order valence-electron chi connectivity index (χ0n) is 10.1. The third kappa shape index (κ3) is 3.33. The smallest absolute Gasteiger partial charge is 0.292 e. The van der Waals surface area contributed by atoms with E-state index in [4.69, 9.17) is 5.73 Å². The van der Waals surface area contributed by atoms with Crippen LogP contribution in [0.4, 0.5) is 11.4 Å². The lowest BCUT2D eigenvalue weighted by Crippen LogP contribution is -2.36. The van der Waals surface area contributed by atoms with Crippen LogP contribution in [0.2, 0.25) is 0 Å². The molecule has 8 heteroatoms. The maximum atomic E-state index is 12.0. The Balaban J connectivity index is 0.00000180. The van der Waals surface area contributed by atoms with Gasteiger partial charge >= 0.3 is 0 Å². The molecule has 4 N–H and O–H groups in total. The molecule has 1 amide bonds. The molecule has 1 aromatic rings. The molecule has 1 aromatic carbocycles. The number of carbonyl (C=O) groups is 1. The SMILES string of the molecule is Cl.Nc1c(C(=O)NC2CCNC2)cccc1[N+](=O)[O-]. The molecule has 1 aliphatic heterocycles. The second-order valence-corrected chi connectivity index (χ2v) is 4.16. The molecule has 0 spiro atoms. The third-order valence-electron chi connectivity index (χ3n) is 2.92. The van der Waals surface area contributed by atoms with Crippen molar-refractivity contribution in [2.24, 2.45) is 0 Å². The minimum Gasteiger partial charge on any atom is -0.393 e. The Bertz CT molecular complexity index is 489. The lowest BCUT2D eigenvalue weighted by atomic mass is 10.1. The summed E-state index contributed by atoms with van der Waals surface area (Å²) in [7, 11) is 0. The molecule has 1 aliphatic rings. The van der Waals surface area contributed by atoms with Gasteiger partial charge in [0.05, 0.1) is 10.5 Å². The molecular weight excluding hydrogens is 272 g/mol. The zero-order chi connectivity index (χ0) is 13.1. The van der Waals surface area contributed by atoms with Crippen LogP contribution in [-0.2, 0) is 0 Å². The van der Waals surface area contributed by atoms with E-state index in [1.807, 2.05) is 0 Å². The van der Waals surface area contributed by atoms with Crippen LogP contribution < -0.4 is 16.4 Å². The minimum atomic E-state index is -0.594. The summed E-state index contributed by atoms with van der Waals surface area (Å²) >= 11 is 0. The van der Waals surface area contributed by atoms with Crippen LogP contribution in [0, 0.1) is 10.1 Å². The number of carbonyl (C=O) groups excluding carboxylic acids is 1. The first-order valence-electron chi connectivity index (χ1n) is 5.64. The summed E-state index contributed by atoms with van der Waals surface area (Å²) in [6.07, 6.45) is 0.848. The van der Waals surface area contributed by atoms with Gasteiger partial charge in [0.15, 0.2) is 0 Å². The van der Waals surface area contributed by atoms with Crippen LogP contribution in [0.3, 0.4) is 0 Å². The summed E-state index contributed by atoms with van der Waals surface area (Å²) in [5, 5.41) is 16.6. The van der Waals surface area contributed by atoms with E-state index >= 15 is 0 Å². The van der Waals surface area contributed by atoms with Gasteiger partial charge in [-0.1, -0.05) is 6.07 Å². The fourth-order valence-corrected chi connectivity index (χ4v) is 1.95. The fraction of sp³-hybridized carbons (Fsp3) is 0.364. The summed E-state index contributed by atoms with van der Waals surface area (Å²) < 4.78 is 0. The Labute approximate surface area is 116 Å². The number of nitrogens with one attached hydrogen (secondary N) is 2. The molecule has 7 nitrogen and oxygen atoms in total. The lowest BCUT2D eigenvalue weighted by molar-refractivity contribution is -0.383. The second kappa shape index (κ2) is 6.35. The number of hydrogen-bond acceptors (Lipinski definition) is 5. The van der Waals surface area contributed by atoms with Crippen molar-refractivity contribution >= 4 is 29.7 Å². The number of hydrogen-bond donors (Lipinski definition) is 3. The highest BCUT2D eigenvalue weighted by Crippen LogP contribution is 2.24. The number of benzene rings is 1. The van der Waals surface area contributed by atoms with Crippen LogP contribution in [0.5, 0.6) is 0 Å². The molecule has 0 bridgehead atoms. The Kier molecular flexibility index (Phi) is 5.08. The Morgan fingerprint density at radius 3 is 2.84 bits per heavy atom. The molecule has 2 rings (SSSR count). The first-order valence-corrected chi connectivity index (χ1v) is 5.64. The number of nitrogens with zero attached hydrogens (tertiary/aromatic N) is 1. The van der Waals surface area contributed by atoms with Crippen LogP contribution >= 0.6 is 12.4 Å². The Hall–Kier alpha value is -1.86. The molecule has 0 saturated carbocycles. The minimum absolute atomic E-state index is 0. The third-order valence-corrected chi connectivity index (χ3v) is 2.92. The van der Waals surface area contributed by atoms with E-state index < -0.39 is 4.92 Å².